The van der Waals surface area contributed by atoms with Crippen LogP contribution in [-0.2, 0) is 7.05 Å². The van der Waals surface area contributed by atoms with Gasteiger partial charge in [0.1, 0.15) is 35.0 Å². The van der Waals surface area contributed by atoms with E-state index in [9.17, 15) is 0 Å². The molecule has 10 heteroatoms. The third kappa shape index (κ3) is 4.37. The van der Waals surface area contributed by atoms with Crippen LogP contribution in [0, 0.1) is 12.3 Å². The summed E-state index contributed by atoms with van der Waals surface area (Å²) in [6.45, 7) is 7.23. The number of aryl methyl sites for hydroxylation is 1. The van der Waals surface area contributed by atoms with E-state index in [1.165, 1.54) is 6.33 Å². The second kappa shape index (κ2) is 10.1. The minimum atomic E-state index is 0.119. The van der Waals surface area contributed by atoms with Crippen molar-refractivity contribution in [3.05, 3.63) is 54.4 Å². The number of ether oxygens (including phenoxy) is 2. The molecule has 0 aliphatic carbocycles. The summed E-state index contributed by atoms with van der Waals surface area (Å²) >= 11 is 0. The van der Waals surface area contributed by atoms with Crippen molar-refractivity contribution in [3.63, 3.8) is 0 Å². The van der Waals surface area contributed by atoms with Gasteiger partial charge in [0.05, 0.1) is 35.6 Å². The van der Waals surface area contributed by atoms with E-state index in [0.29, 0.717) is 50.9 Å². The number of hydrogen-bond donors (Lipinski definition) is 1. The summed E-state index contributed by atoms with van der Waals surface area (Å²) in [4.78, 5) is 25.8. The lowest BCUT2D eigenvalue weighted by atomic mass is 10.0. The van der Waals surface area contributed by atoms with E-state index < -0.39 is 0 Å². The van der Waals surface area contributed by atoms with E-state index in [1.54, 1.807) is 37.7 Å². The summed E-state index contributed by atoms with van der Waals surface area (Å²) in [5.74, 6) is 3.84. The lowest BCUT2D eigenvalue weighted by Crippen LogP contribution is -2.05. The maximum atomic E-state index is 6.31. The van der Waals surface area contributed by atoms with Crippen LogP contribution in [0.1, 0.15) is 19.5 Å². The number of nitrogens with zero attached hydrogens (tertiary/aromatic N) is 7. The first-order chi connectivity index (χ1) is 17.4. The number of amidine groups is 1. The molecule has 0 aliphatic heterocycles. The molecule has 0 amide bonds. The molecule has 0 bridgehead atoms. The van der Waals surface area contributed by atoms with Crippen LogP contribution in [0.5, 0.6) is 11.5 Å². The second-order valence-corrected chi connectivity index (χ2v) is 7.62. The summed E-state index contributed by atoms with van der Waals surface area (Å²) < 4.78 is 13.3. The van der Waals surface area contributed by atoms with Gasteiger partial charge in [-0.1, -0.05) is 12.0 Å². The van der Waals surface area contributed by atoms with Gasteiger partial charge in [-0.2, -0.15) is 0 Å². The molecule has 0 atom stereocenters. The van der Waals surface area contributed by atoms with Gasteiger partial charge in [0.2, 0.25) is 0 Å². The monoisotopic (exact) mass is 480 g/mol. The molecule has 0 aliphatic rings. The lowest BCUT2D eigenvalue weighted by molar-refractivity contribution is 0.415. The third-order valence-corrected chi connectivity index (χ3v) is 5.51. The molecule has 4 heterocycles. The first-order valence-corrected chi connectivity index (χ1v) is 10.8. The maximum Gasteiger partial charge on any atom is 0.321 e. The molecule has 0 fully saturated rings. The highest BCUT2D eigenvalue weighted by Crippen LogP contribution is 2.43. The number of nitrogens with two attached hydrogens (primary N) is 1. The highest BCUT2D eigenvalue weighted by Gasteiger charge is 2.25. The van der Waals surface area contributed by atoms with Crippen LogP contribution in [0.3, 0.4) is 0 Å². The fourth-order valence-electron chi connectivity index (χ4n) is 3.70. The molecule has 0 saturated carbocycles. The van der Waals surface area contributed by atoms with Gasteiger partial charge < -0.3 is 19.8 Å². The smallest absolute Gasteiger partial charge is 0.321 e. The Morgan fingerprint density at radius 2 is 2.03 bits per heavy atom. The fourth-order valence-corrected chi connectivity index (χ4v) is 3.70. The van der Waals surface area contributed by atoms with Crippen molar-refractivity contribution < 1.29 is 9.47 Å². The van der Waals surface area contributed by atoms with Crippen molar-refractivity contribution in [1.82, 2.24) is 24.5 Å². The van der Waals surface area contributed by atoms with E-state index >= 15 is 0 Å². The van der Waals surface area contributed by atoms with E-state index in [0.717, 1.165) is 11.4 Å². The zero-order valence-electron chi connectivity index (χ0n) is 20.4. The first kappa shape index (κ1) is 24.1. The van der Waals surface area contributed by atoms with Crippen LogP contribution < -0.4 is 15.2 Å². The van der Waals surface area contributed by atoms with E-state index in [-0.39, 0.29) is 6.02 Å². The Labute approximate surface area is 208 Å². The van der Waals surface area contributed by atoms with Crippen molar-refractivity contribution in [2.75, 3.05) is 12.8 Å². The first-order valence-electron chi connectivity index (χ1n) is 10.8. The van der Waals surface area contributed by atoms with Gasteiger partial charge in [0.15, 0.2) is 0 Å². The number of methoxy groups -OCH3 is 1. The van der Waals surface area contributed by atoms with Crippen LogP contribution in [0.15, 0.2) is 58.7 Å². The summed E-state index contributed by atoms with van der Waals surface area (Å²) in [5, 5.41) is 0.651. The molecule has 0 saturated heterocycles. The fraction of sp³-hybridized carbons (Fsp3) is 0.154. The molecule has 0 unspecified atom stereocenters. The Morgan fingerprint density at radius 1 is 1.22 bits per heavy atom. The minimum Gasteiger partial charge on any atom is -0.496 e. The minimum absolute atomic E-state index is 0.119. The highest BCUT2D eigenvalue weighted by atomic mass is 16.5. The number of nitrogen functional groups attached to an aromatic ring is 1. The molecule has 0 radical (unpaired) electrons. The SMILES string of the molecule is C#Cc1cc(OC)c(-c2c(-c3ccc(OC(N=C)=N/C(C)=C\C)cn3)c3c(N)ncnc3n2C)cn1. The number of rotatable bonds is 5. The number of pyridine rings is 2. The molecule has 10 nitrogen and oxygen atoms in total. The van der Waals surface area contributed by atoms with Crippen LogP contribution in [0.25, 0.3) is 33.5 Å². The van der Waals surface area contributed by atoms with Gasteiger partial charge in [0.25, 0.3) is 0 Å². The number of terminal acetylenes is 1. The molecular weight excluding hydrogens is 456 g/mol. The zero-order chi connectivity index (χ0) is 25.8. The van der Waals surface area contributed by atoms with Gasteiger partial charge in [-0.15, -0.1) is 6.42 Å². The summed E-state index contributed by atoms with van der Waals surface area (Å²) in [6.07, 6.45) is 12.0. The molecule has 4 aromatic heterocycles. The van der Waals surface area contributed by atoms with Crippen LogP contribution >= 0.6 is 0 Å². The van der Waals surface area contributed by atoms with Crippen molar-refractivity contribution in [3.8, 4) is 46.4 Å². The molecule has 180 valence electrons. The van der Waals surface area contributed by atoms with Crippen LogP contribution in [0.4, 0.5) is 5.82 Å². The average Bonchev–Trinajstić information content (AvgIpc) is 3.21. The number of allylic oxidation sites excluding steroid dienone is 2. The highest BCUT2D eigenvalue weighted by molar-refractivity contribution is 6.07. The average molecular weight is 481 g/mol. The zero-order valence-corrected chi connectivity index (χ0v) is 20.4. The number of fused-ring (bicyclic) bond motifs is 1. The Morgan fingerprint density at radius 3 is 2.67 bits per heavy atom. The number of aromatic nitrogens is 5. The second-order valence-electron chi connectivity index (χ2n) is 7.62. The number of hydrogen-bond acceptors (Lipinski definition) is 8. The number of anilines is 1. The van der Waals surface area contributed by atoms with Crippen molar-refractivity contribution in [1.29, 1.82) is 0 Å². The summed E-state index contributed by atoms with van der Waals surface area (Å²) in [7, 11) is 3.45. The van der Waals surface area contributed by atoms with Gasteiger partial charge in [-0.25, -0.2) is 24.9 Å². The van der Waals surface area contributed by atoms with E-state index in [4.69, 9.17) is 21.6 Å². The van der Waals surface area contributed by atoms with Gasteiger partial charge >= 0.3 is 6.02 Å². The van der Waals surface area contributed by atoms with Crippen molar-refractivity contribution in [2.45, 2.75) is 13.8 Å². The summed E-state index contributed by atoms with van der Waals surface area (Å²) in [5.41, 5.74) is 10.9. The predicted molar refractivity (Wildman–Crippen MR) is 141 cm³/mol. The molecule has 4 rings (SSSR count). The van der Waals surface area contributed by atoms with E-state index in [2.05, 4.69) is 42.6 Å². The molecule has 0 spiro atoms. The van der Waals surface area contributed by atoms with Crippen molar-refractivity contribution >= 4 is 29.6 Å². The molecule has 2 N–H and O–H groups in total. The Hall–Kier alpha value is -5.04. The number of aliphatic imine (C=N–C) groups is 2. The van der Waals surface area contributed by atoms with Gasteiger partial charge in [-0.05, 0) is 32.7 Å². The van der Waals surface area contributed by atoms with Crippen molar-refractivity contribution in [2.24, 2.45) is 17.0 Å². The maximum absolute atomic E-state index is 6.31. The molecule has 0 aromatic carbocycles. The molecular formula is C26H24N8O2. The van der Waals surface area contributed by atoms with Gasteiger partial charge in [0, 0.05) is 30.6 Å². The van der Waals surface area contributed by atoms with Crippen LogP contribution in [0.2, 0.25) is 0 Å². The predicted octanol–water partition coefficient (Wildman–Crippen LogP) is 4.02. The standard InChI is InChI=1S/C26H24N8O2/c1-7-15(3)33-26(28-4)36-17-9-10-19(30-12-17)21-22-24(27)31-14-32-25(22)34(5)23(21)18-13-29-16(8-2)11-20(18)35-6/h2,7,9-14H,4H2,1,3,5-6H3,(H2,27,31,32)/b15-7-,33-26?. The van der Waals surface area contributed by atoms with Crippen LogP contribution in [-0.4, -0.2) is 44.4 Å². The Balaban J connectivity index is 1.90. The topological polar surface area (TPSA) is 126 Å². The lowest BCUT2D eigenvalue weighted by Gasteiger charge is -2.12. The Kier molecular flexibility index (Phi) is 6.74. The molecule has 36 heavy (non-hydrogen) atoms. The Bertz CT molecular complexity index is 1560. The van der Waals surface area contributed by atoms with Gasteiger partial charge in [-0.3, -0.25) is 4.98 Å². The normalized spacial score (nSPS) is 11.9. The summed E-state index contributed by atoms with van der Waals surface area (Å²) in [6, 6.07) is 5.38. The van der Waals surface area contributed by atoms with E-state index in [1.807, 2.05) is 31.5 Å². The largest absolute Gasteiger partial charge is 0.496 e. The quantitative estimate of drug-likeness (QED) is 0.260. The third-order valence-electron chi connectivity index (χ3n) is 5.51. The molecule has 4 aromatic rings.